The van der Waals surface area contributed by atoms with Crippen LogP contribution < -0.4 is 0 Å². The molecule has 2 aromatic heterocycles. The zero-order valence-corrected chi connectivity index (χ0v) is 15.7. The van der Waals surface area contributed by atoms with Gasteiger partial charge in [-0.3, -0.25) is 0 Å². The van der Waals surface area contributed by atoms with Crippen molar-refractivity contribution in [1.82, 2.24) is 4.98 Å². The first-order valence-electron chi connectivity index (χ1n) is 8.67. The molecule has 4 aromatic carbocycles. The molecule has 0 aliphatic carbocycles. The highest BCUT2D eigenvalue weighted by atomic mass is 79.9. The molecule has 4 heteroatoms. The summed E-state index contributed by atoms with van der Waals surface area (Å²) in [6, 6.07) is 24.2. The number of nitrogens with zero attached hydrogens (tertiary/aromatic N) is 1. The summed E-state index contributed by atoms with van der Waals surface area (Å²) in [5, 5.41) is 4.38. The van der Waals surface area contributed by atoms with Crippen molar-refractivity contribution in [1.29, 1.82) is 0 Å². The molecule has 0 bridgehead atoms. The van der Waals surface area contributed by atoms with E-state index in [0.717, 1.165) is 53.8 Å². The van der Waals surface area contributed by atoms with E-state index in [1.54, 1.807) is 0 Å². The van der Waals surface area contributed by atoms with Crippen molar-refractivity contribution in [2.75, 3.05) is 0 Å². The van der Waals surface area contributed by atoms with Crippen LogP contribution in [0.25, 0.3) is 55.3 Å². The average molecular weight is 414 g/mol. The number of halogens is 1. The molecule has 0 amide bonds. The van der Waals surface area contributed by atoms with Gasteiger partial charge in [-0.1, -0.05) is 46.3 Å². The van der Waals surface area contributed by atoms with Crippen LogP contribution in [0.2, 0.25) is 0 Å². The van der Waals surface area contributed by atoms with E-state index in [2.05, 4.69) is 40.2 Å². The summed E-state index contributed by atoms with van der Waals surface area (Å²) in [6.07, 6.45) is 0. The van der Waals surface area contributed by atoms with Gasteiger partial charge in [-0.05, 0) is 53.2 Å². The van der Waals surface area contributed by atoms with Crippen molar-refractivity contribution >= 4 is 59.7 Å². The third-order valence-corrected chi connectivity index (χ3v) is 5.45. The molecule has 2 heterocycles. The Labute approximate surface area is 162 Å². The molecular weight excluding hydrogens is 402 g/mol. The Kier molecular flexibility index (Phi) is 3.02. The third-order valence-electron chi connectivity index (χ3n) is 4.96. The first-order chi connectivity index (χ1) is 13.3. The van der Waals surface area contributed by atoms with Crippen LogP contribution in [0.15, 0.2) is 86.1 Å². The smallest absolute Gasteiger partial charge is 0.227 e. The molecule has 0 aliphatic heterocycles. The van der Waals surface area contributed by atoms with E-state index in [1.807, 2.05) is 48.5 Å². The van der Waals surface area contributed by atoms with Gasteiger partial charge < -0.3 is 8.83 Å². The molecule has 27 heavy (non-hydrogen) atoms. The van der Waals surface area contributed by atoms with Gasteiger partial charge in [0.15, 0.2) is 5.58 Å². The minimum absolute atomic E-state index is 0.621. The quantitative estimate of drug-likeness (QED) is 0.283. The second-order valence-electron chi connectivity index (χ2n) is 6.58. The summed E-state index contributed by atoms with van der Waals surface area (Å²) in [4.78, 5) is 4.82. The summed E-state index contributed by atoms with van der Waals surface area (Å²) in [6.45, 7) is 0. The Bertz CT molecular complexity index is 1480. The second-order valence-corrected chi connectivity index (χ2v) is 7.49. The Morgan fingerprint density at radius 3 is 2.37 bits per heavy atom. The number of hydrogen-bond donors (Lipinski definition) is 0. The standard InChI is InChI=1S/C23H12BrNO2/c24-15-7-8-16-14(12-15)6-9-17-20(16)21-18(26-17)10-11-19-22(21)25-23(27-19)13-4-2-1-3-5-13/h1-12H. The molecule has 3 nitrogen and oxygen atoms in total. The second kappa shape index (κ2) is 5.44. The minimum atomic E-state index is 0.621. The molecule has 0 unspecified atom stereocenters. The van der Waals surface area contributed by atoms with Crippen LogP contribution in [0.5, 0.6) is 0 Å². The van der Waals surface area contributed by atoms with Crippen molar-refractivity contribution in [3.8, 4) is 11.5 Å². The van der Waals surface area contributed by atoms with Crippen molar-refractivity contribution in [3.05, 3.63) is 77.3 Å². The fraction of sp³-hybridized carbons (Fsp3) is 0. The van der Waals surface area contributed by atoms with E-state index in [4.69, 9.17) is 13.8 Å². The molecule has 6 aromatic rings. The number of benzene rings is 4. The molecule has 0 spiro atoms. The lowest BCUT2D eigenvalue weighted by Crippen LogP contribution is -1.78. The first-order valence-corrected chi connectivity index (χ1v) is 9.47. The maximum absolute atomic E-state index is 6.12. The van der Waals surface area contributed by atoms with E-state index >= 15 is 0 Å². The number of rotatable bonds is 1. The van der Waals surface area contributed by atoms with Crippen LogP contribution in [-0.2, 0) is 0 Å². The van der Waals surface area contributed by atoms with Crippen LogP contribution in [0.4, 0.5) is 0 Å². The molecule has 6 rings (SSSR count). The Balaban J connectivity index is 1.78. The molecule has 0 radical (unpaired) electrons. The van der Waals surface area contributed by atoms with Gasteiger partial charge in [0.1, 0.15) is 16.7 Å². The molecule has 0 saturated carbocycles. The van der Waals surface area contributed by atoms with Gasteiger partial charge >= 0.3 is 0 Å². The number of hydrogen-bond acceptors (Lipinski definition) is 3. The molecule has 0 fully saturated rings. The minimum Gasteiger partial charge on any atom is -0.456 e. The van der Waals surface area contributed by atoms with Crippen LogP contribution in [-0.4, -0.2) is 4.98 Å². The predicted octanol–water partition coefficient (Wildman–Crippen LogP) is 7.31. The molecule has 128 valence electrons. The van der Waals surface area contributed by atoms with Gasteiger partial charge in [-0.15, -0.1) is 0 Å². The lowest BCUT2D eigenvalue weighted by atomic mass is 10.0. The molecule has 0 atom stereocenters. The van der Waals surface area contributed by atoms with Gasteiger partial charge in [0, 0.05) is 15.4 Å². The fourth-order valence-corrected chi connectivity index (χ4v) is 4.13. The van der Waals surface area contributed by atoms with E-state index < -0.39 is 0 Å². The van der Waals surface area contributed by atoms with E-state index in [9.17, 15) is 0 Å². The highest BCUT2D eigenvalue weighted by Gasteiger charge is 2.17. The fourth-order valence-electron chi connectivity index (χ4n) is 3.75. The number of fused-ring (bicyclic) bond motifs is 7. The predicted molar refractivity (Wildman–Crippen MR) is 112 cm³/mol. The summed E-state index contributed by atoms with van der Waals surface area (Å²) in [5.74, 6) is 0.621. The van der Waals surface area contributed by atoms with Gasteiger partial charge in [0.05, 0.1) is 5.39 Å². The summed E-state index contributed by atoms with van der Waals surface area (Å²) < 4.78 is 13.2. The monoisotopic (exact) mass is 413 g/mol. The highest BCUT2D eigenvalue weighted by molar-refractivity contribution is 9.10. The number of aromatic nitrogens is 1. The van der Waals surface area contributed by atoms with E-state index in [-0.39, 0.29) is 0 Å². The van der Waals surface area contributed by atoms with Crippen molar-refractivity contribution < 1.29 is 8.83 Å². The molecular formula is C23H12BrNO2. The van der Waals surface area contributed by atoms with E-state index in [0.29, 0.717) is 5.89 Å². The molecule has 0 aliphatic rings. The van der Waals surface area contributed by atoms with Crippen LogP contribution >= 0.6 is 15.9 Å². The van der Waals surface area contributed by atoms with Gasteiger partial charge in [0.25, 0.3) is 0 Å². The van der Waals surface area contributed by atoms with Crippen LogP contribution in [0, 0.1) is 0 Å². The first kappa shape index (κ1) is 15.0. The normalized spacial score (nSPS) is 11.9. The van der Waals surface area contributed by atoms with Crippen molar-refractivity contribution in [2.24, 2.45) is 0 Å². The van der Waals surface area contributed by atoms with Gasteiger partial charge in [0.2, 0.25) is 5.89 Å². The highest BCUT2D eigenvalue weighted by Crippen LogP contribution is 2.39. The average Bonchev–Trinajstić information content (AvgIpc) is 3.29. The van der Waals surface area contributed by atoms with Crippen LogP contribution in [0.3, 0.4) is 0 Å². The lowest BCUT2D eigenvalue weighted by Gasteiger charge is -2.00. The largest absolute Gasteiger partial charge is 0.456 e. The zero-order valence-electron chi connectivity index (χ0n) is 14.1. The Morgan fingerprint density at radius 2 is 1.48 bits per heavy atom. The molecule has 0 N–H and O–H groups in total. The Hall–Kier alpha value is -3.11. The van der Waals surface area contributed by atoms with Gasteiger partial charge in [-0.2, -0.15) is 0 Å². The Morgan fingerprint density at radius 1 is 0.704 bits per heavy atom. The van der Waals surface area contributed by atoms with Crippen molar-refractivity contribution in [3.63, 3.8) is 0 Å². The summed E-state index contributed by atoms with van der Waals surface area (Å²) in [5.41, 5.74) is 4.24. The summed E-state index contributed by atoms with van der Waals surface area (Å²) >= 11 is 3.56. The topological polar surface area (TPSA) is 39.2 Å². The lowest BCUT2D eigenvalue weighted by molar-refractivity contribution is 0.619. The maximum atomic E-state index is 6.12. The maximum Gasteiger partial charge on any atom is 0.227 e. The zero-order chi connectivity index (χ0) is 18.0. The van der Waals surface area contributed by atoms with Crippen molar-refractivity contribution in [2.45, 2.75) is 0 Å². The van der Waals surface area contributed by atoms with E-state index in [1.165, 1.54) is 0 Å². The summed E-state index contributed by atoms with van der Waals surface area (Å²) in [7, 11) is 0. The number of furan rings is 1. The number of oxazole rings is 1. The van der Waals surface area contributed by atoms with Gasteiger partial charge in [-0.25, -0.2) is 4.98 Å². The molecule has 0 saturated heterocycles. The van der Waals surface area contributed by atoms with Crippen LogP contribution in [0.1, 0.15) is 0 Å². The SMILES string of the molecule is Brc1ccc2c(ccc3oc4ccc5oc(-c6ccccc6)nc5c4c32)c1. The third kappa shape index (κ3) is 2.17.